The molecule has 0 unspecified atom stereocenters. The van der Waals surface area contributed by atoms with Crippen molar-refractivity contribution in [1.29, 1.82) is 0 Å². The van der Waals surface area contributed by atoms with Crippen LogP contribution in [-0.2, 0) is 22.6 Å². The SMILES string of the molecule is CCCCc1ccc(NC(=O)C(=O)c2cn(CC(=O)N(CC)CC)c3ccccc23)cc1. The first-order chi connectivity index (χ1) is 15.5. The van der Waals surface area contributed by atoms with Crippen molar-refractivity contribution in [2.75, 3.05) is 18.4 Å². The van der Waals surface area contributed by atoms with Crippen LogP contribution >= 0.6 is 0 Å². The predicted molar refractivity (Wildman–Crippen MR) is 128 cm³/mol. The van der Waals surface area contributed by atoms with Crippen molar-refractivity contribution in [3.05, 3.63) is 65.9 Å². The van der Waals surface area contributed by atoms with Gasteiger partial charge in [0.05, 0.1) is 5.56 Å². The number of hydrogen-bond donors (Lipinski definition) is 1. The van der Waals surface area contributed by atoms with Crippen LogP contribution in [-0.4, -0.2) is 40.2 Å². The van der Waals surface area contributed by atoms with Crippen LogP contribution in [0.1, 0.15) is 49.5 Å². The molecule has 32 heavy (non-hydrogen) atoms. The van der Waals surface area contributed by atoms with Crippen LogP contribution in [0.5, 0.6) is 0 Å². The Labute approximate surface area is 189 Å². The smallest absolute Gasteiger partial charge is 0.296 e. The van der Waals surface area contributed by atoms with Gasteiger partial charge in [-0.2, -0.15) is 0 Å². The van der Waals surface area contributed by atoms with Gasteiger partial charge in [0.1, 0.15) is 6.54 Å². The first kappa shape index (κ1) is 23.3. The van der Waals surface area contributed by atoms with Crippen LogP contribution in [0.2, 0.25) is 0 Å². The maximum atomic E-state index is 13.0. The van der Waals surface area contributed by atoms with Crippen LogP contribution in [0.25, 0.3) is 10.9 Å². The highest BCUT2D eigenvalue weighted by atomic mass is 16.2. The predicted octanol–water partition coefficient (Wildman–Crippen LogP) is 4.67. The Balaban J connectivity index is 1.80. The minimum absolute atomic E-state index is 0.0256. The van der Waals surface area contributed by atoms with Crippen molar-refractivity contribution in [2.45, 2.75) is 46.6 Å². The van der Waals surface area contributed by atoms with E-state index in [1.807, 2.05) is 56.3 Å². The molecule has 2 amide bonds. The average Bonchev–Trinajstić information content (AvgIpc) is 3.17. The number of unbranched alkanes of at least 4 members (excludes halogenated alkanes) is 1. The number of likely N-dealkylation sites (N-methyl/N-ethyl adjacent to an activating group) is 1. The normalized spacial score (nSPS) is 10.8. The van der Waals surface area contributed by atoms with E-state index in [1.54, 1.807) is 21.7 Å². The van der Waals surface area contributed by atoms with Crippen molar-refractivity contribution >= 4 is 34.2 Å². The van der Waals surface area contributed by atoms with Crippen molar-refractivity contribution in [3.63, 3.8) is 0 Å². The second-order valence-electron chi connectivity index (χ2n) is 7.84. The molecular weight excluding hydrogens is 402 g/mol. The Hall–Kier alpha value is -3.41. The number of amides is 2. The summed E-state index contributed by atoms with van der Waals surface area (Å²) in [6.07, 6.45) is 4.85. The summed E-state index contributed by atoms with van der Waals surface area (Å²) in [7, 11) is 0. The third-order valence-electron chi connectivity index (χ3n) is 5.69. The van der Waals surface area contributed by atoms with E-state index in [0.29, 0.717) is 29.7 Å². The molecule has 1 heterocycles. The molecular formula is C26H31N3O3. The van der Waals surface area contributed by atoms with Crippen LogP contribution in [0.15, 0.2) is 54.7 Å². The quantitative estimate of drug-likeness (QED) is 0.373. The molecule has 168 valence electrons. The number of nitrogens with zero attached hydrogens (tertiary/aromatic N) is 2. The lowest BCUT2D eigenvalue weighted by atomic mass is 10.1. The van der Waals surface area contributed by atoms with Gasteiger partial charge in [-0.1, -0.05) is 43.7 Å². The zero-order valence-electron chi connectivity index (χ0n) is 19.1. The molecule has 3 rings (SSSR count). The maximum absolute atomic E-state index is 13.0. The second-order valence-corrected chi connectivity index (χ2v) is 7.84. The number of para-hydroxylation sites is 1. The minimum atomic E-state index is -0.690. The number of rotatable bonds is 10. The number of anilines is 1. The van der Waals surface area contributed by atoms with Gasteiger partial charge in [0.2, 0.25) is 5.91 Å². The number of aromatic nitrogens is 1. The fraction of sp³-hybridized carbons (Fsp3) is 0.346. The molecule has 0 aliphatic carbocycles. The van der Waals surface area contributed by atoms with Crippen LogP contribution in [0, 0.1) is 0 Å². The zero-order chi connectivity index (χ0) is 23.1. The van der Waals surface area contributed by atoms with E-state index < -0.39 is 11.7 Å². The molecule has 0 fully saturated rings. The van der Waals surface area contributed by atoms with Crippen LogP contribution < -0.4 is 5.32 Å². The molecule has 0 saturated heterocycles. The summed E-state index contributed by atoms with van der Waals surface area (Å²) in [5.74, 6) is -1.34. The summed E-state index contributed by atoms with van der Waals surface area (Å²) >= 11 is 0. The summed E-state index contributed by atoms with van der Waals surface area (Å²) in [5, 5.41) is 3.36. The number of carbonyl (C=O) groups is 3. The van der Waals surface area contributed by atoms with Crippen molar-refractivity contribution in [3.8, 4) is 0 Å². The molecule has 1 aromatic heterocycles. The largest absolute Gasteiger partial charge is 0.342 e. The fourth-order valence-electron chi connectivity index (χ4n) is 3.83. The van der Waals surface area contributed by atoms with Crippen LogP contribution in [0.4, 0.5) is 5.69 Å². The number of ketones is 1. The van der Waals surface area contributed by atoms with Gasteiger partial charge in [-0.25, -0.2) is 0 Å². The Bertz CT molecular complexity index is 1100. The summed E-state index contributed by atoms with van der Waals surface area (Å²) in [5.41, 5.74) is 2.84. The first-order valence-corrected chi connectivity index (χ1v) is 11.3. The minimum Gasteiger partial charge on any atom is -0.342 e. The van der Waals surface area contributed by atoms with E-state index in [1.165, 1.54) is 5.56 Å². The number of aryl methyl sites for hydroxylation is 1. The van der Waals surface area contributed by atoms with E-state index >= 15 is 0 Å². The topological polar surface area (TPSA) is 71.4 Å². The Morgan fingerprint density at radius 3 is 2.28 bits per heavy atom. The molecule has 0 aliphatic heterocycles. The van der Waals surface area contributed by atoms with E-state index in [9.17, 15) is 14.4 Å². The third kappa shape index (κ3) is 5.25. The highest BCUT2D eigenvalue weighted by molar-refractivity contribution is 6.48. The van der Waals surface area contributed by atoms with Gasteiger partial charge in [-0.3, -0.25) is 14.4 Å². The number of carbonyl (C=O) groups excluding carboxylic acids is 3. The fourth-order valence-corrected chi connectivity index (χ4v) is 3.83. The molecule has 0 bridgehead atoms. The van der Waals surface area contributed by atoms with E-state index in [2.05, 4.69) is 12.2 Å². The average molecular weight is 434 g/mol. The van der Waals surface area contributed by atoms with Gasteiger partial charge < -0.3 is 14.8 Å². The molecule has 0 radical (unpaired) electrons. The van der Waals surface area contributed by atoms with Gasteiger partial charge >= 0.3 is 0 Å². The van der Waals surface area contributed by atoms with Gasteiger partial charge in [-0.15, -0.1) is 0 Å². The Morgan fingerprint density at radius 1 is 0.938 bits per heavy atom. The molecule has 0 atom stereocenters. The van der Waals surface area contributed by atoms with E-state index in [4.69, 9.17) is 0 Å². The highest BCUT2D eigenvalue weighted by Crippen LogP contribution is 2.23. The standard InChI is InChI=1S/C26H31N3O3/c1-4-7-10-19-13-15-20(16-14-19)27-26(32)25(31)22-17-29(18-24(30)28(5-2)6-3)23-12-9-8-11-21(22)23/h8-9,11-17H,4-7,10,18H2,1-3H3,(H,27,32). The number of fused-ring (bicyclic) bond motifs is 1. The molecule has 3 aromatic rings. The summed E-state index contributed by atoms with van der Waals surface area (Å²) < 4.78 is 1.75. The lowest BCUT2D eigenvalue weighted by Crippen LogP contribution is -2.33. The van der Waals surface area contributed by atoms with Gasteiger partial charge in [-0.05, 0) is 50.5 Å². The summed E-state index contributed by atoms with van der Waals surface area (Å²) in [6.45, 7) is 7.39. The van der Waals surface area contributed by atoms with Crippen LogP contribution in [0.3, 0.4) is 0 Å². The first-order valence-electron chi connectivity index (χ1n) is 11.3. The number of nitrogens with one attached hydrogen (secondary N) is 1. The molecule has 2 aromatic carbocycles. The zero-order valence-corrected chi connectivity index (χ0v) is 19.1. The van der Waals surface area contributed by atoms with E-state index in [0.717, 1.165) is 24.8 Å². The molecule has 6 nitrogen and oxygen atoms in total. The van der Waals surface area contributed by atoms with Gasteiger partial charge in [0.15, 0.2) is 0 Å². The van der Waals surface area contributed by atoms with Gasteiger partial charge in [0.25, 0.3) is 11.7 Å². The summed E-state index contributed by atoms with van der Waals surface area (Å²) in [6, 6.07) is 14.9. The highest BCUT2D eigenvalue weighted by Gasteiger charge is 2.23. The number of Topliss-reactive ketones (excluding diaryl/α,β-unsaturated/α-hetero) is 1. The van der Waals surface area contributed by atoms with Crippen molar-refractivity contribution < 1.29 is 14.4 Å². The summed E-state index contributed by atoms with van der Waals surface area (Å²) in [4.78, 5) is 40.0. The number of hydrogen-bond acceptors (Lipinski definition) is 3. The monoisotopic (exact) mass is 433 g/mol. The Morgan fingerprint density at radius 2 is 1.62 bits per heavy atom. The van der Waals surface area contributed by atoms with Gasteiger partial charge in [0, 0.05) is 35.9 Å². The third-order valence-corrected chi connectivity index (χ3v) is 5.69. The van der Waals surface area contributed by atoms with E-state index in [-0.39, 0.29) is 12.5 Å². The Kier molecular flexibility index (Phi) is 7.82. The van der Waals surface area contributed by atoms with Crippen molar-refractivity contribution in [2.24, 2.45) is 0 Å². The second kappa shape index (κ2) is 10.8. The lowest BCUT2D eigenvalue weighted by Gasteiger charge is -2.19. The molecule has 1 N–H and O–H groups in total. The number of benzene rings is 2. The molecule has 0 aliphatic rings. The molecule has 0 saturated carbocycles. The molecule has 0 spiro atoms. The maximum Gasteiger partial charge on any atom is 0.296 e. The lowest BCUT2D eigenvalue weighted by molar-refractivity contribution is -0.131. The van der Waals surface area contributed by atoms with Crippen molar-refractivity contribution in [1.82, 2.24) is 9.47 Å². The molecule has 6 heteroatoms.